The number of methoxy groups -OCH3 is 1. The summed E-state index contributed by atoms with van der Waals surface area (Å²) >= 11 is 0. The predicted molar refractivity (Wildman–Crippen MR) is 81.9 cm³/mol. The van der Waals surface area contributed by atoms with Crippen molar-refractivity contribution in [1.82, 2.24) is 15.1 Å². The smallest absolute Gasteiger partial charge is 0.408 e. The summed E-state index contributed by atoms with van der Waals surface area (Å²) in [5.74, 6) is -0.852. The van der Waals surface area contributed by atoms with Gasteiger partial charge in [0.15, 0.2) is 5.78 Å². The first-order chi connectivity index (χ1) is 10.6. The van der Waals surface area contributed by atoms with E-state index in [-0.39, 0.29) is 18.6 Å². The van der Waals surface area contributed by atoms with Crippen LogP contribution >= 0.6 is 0 Å². The van der Waals surface area contributed by atoms with Gasteiger partial charge in [-0.25, -0.2) is 9.59 Å². The van der Waals surface area contributed by atoms with Crippen molar-refractivity contribution in [2.24, 2.45) is 7.05 Å². The third-order valence-electron chi connectivity index (χ3n) is 2.84. The minimum atomic E-state index is -0.956. The van der Waals surface area contributed by atoms with Crippen LogP contribution in [0, 0.1) is 0 Å². The number of rotatable bonds is 6. The molecule has 1 heterocycles. The van der Waals surface area contributed by atoms with Gasteiger partial charge in [0.1, 0.15) is 17.3 Å². The molecule has 1 aromatic heterocycles. The van der Waals surface area contributed by atoms with Crippen molar-refractivity contribution in [2.75, 3.05) is 7.11 Å². The second-order valence-corrected chi connectivity index (χ2v) is 6.06. The van der Waals surface area contributed by atoms with Gasteiger partial charge in [-0.2, -0.15) is 5.10 Å². The lowest BCUT2D eigenvalue weighted by atomic mass is 10.1. The van der Waals surface area contributed by atoms with Gasteiger partial charge in [0.25, 0.3) is 0 Å². The van der Waals surface area contributed by atoms with Crippen LogP contribution in [0.5, 0.6) is 0 Å². The Bertz CT molecular complexity index is 574. The van der Waals surface area contributed by atoms with Crippen molar-refractivity contribution in [3.63, 3.8) is 0 Å². The van der Waals surface area contributed by atoms with Crippen LogP contribution in [-0.2, 0) is 21.3 Å². The minimum absolute atomic E-state index is 0.0482. The van der Waals surface area contributed by atoms with Crippen LogP contribution in [0.2, 0.25) is 0 Å². The molecule has 128 valence electrons. The molecule has 8 nitrogen and oxygen atoms in total. The van der Waals surface area contributed by atoms with Crippen LogP contribution in [0.15, 0.2) is 12.3 Å². The molecular weight excluding hydrogens is 302 g/mol. The van der Waals surface area contributed by atoms with Gasteiger partial charge in [-0.15, -0.1) is 0 Å². The molecule has 0 bridgehead atoms. The van der Waals surface area contributed by atoms with E-state index in [4.69, 9.17) is 4.74 Å². The summed E-state index contributed by atoms with van der Waals surface area (Å²) in [6.07, 6.45) is 1.07. The third kappa shape index (κ3) is 6.50. The molecule has 8 heteroatoms. The van der Waals surface area contributed by atoms with Crippen molar-refractivity contribution in [3.05, 3.63) is 18.0 Å². The molecule has 0 spiro atoms. The summed E-state index contributed by atoms with van der Waals surface area (Å²) < 4.78 is 11.3. The Balaban J connectivity index is 2.63. The first-order valence-corrected chi connectivity index (χ1v) is 7.22. The van der Waals surface area contributed by atoms with Gasteiger partial charge >= 0.3 is 12.1 Å². The van der Waals surface area contributed by atoms with Crippen LogP contribution in [0.1, 0.15) is 44.1 Å². The normalized spacial score (nSPS) is 12.4. The lowest BCUT2D eigenvalue weighted by molar-refractivity contribution is -0.143. The standard InChI is InChI=1S/C15H23N3O5/c1-15(2,3)23-14(21)16-11(13(20)22-5)6-7-12(19)10-8-9-18(4)17-10/h8-9,11H,6-7H2,1-5H3,(H,16,21)/t11-/m0/s1. The highest BCUT2D eigenvalue weighted by Crippen LogP contribution is 2.10. The quantitative estimate of drug-likeness (QED) is 0.628. The first kappa shape index (κ1) is 18.7. The Morgan fingerprint density at radius 3 is 2.48 bits per heavy atom. The molecule has 1 amide bonds. The number of alkyl carbamates (subject to hydrolysis) is 1. The van der Waals surface area contributed by atoms with Crippen molar-refractivity contribution in [3.8, 4) is 0 Å². The molecule has 0 saturated heterocycles. The van der Waals surface area contributed by atoms with E-state index in [0.29, 0.717) is 5.69 Å². The summed E-state index contributed by atoms with van der Waals surface area (Å²) in [4.78, 5) is 35.5. The van der Waals surface area contributed by atoms with Crippen LogP contribution < -0.4 is 5.32 Å². The number of aryl methyl sites for hydroxylation is 1. The van der Waals surface area contributed by atoms with Crippen LogP contribution in [0.3, 0.4) is 0 Å². The number of aromatic nitrogens is 2. The monoisotopic (exact) mass is 325 g/mol. The Kier molecular flexibility index (Phi) is 6.29. The van der Waals surface area contributed by atoms with E-state index in [9.17, 15) is 14.4 Å². The van der Waals surface area contributed by atoms with E-state index in [2.05, 4.69) is 15.2 Å². The van der Waals surface area contributed by atoms with Crippen LogP contribution in [-0.4, -0.2) is 46.4 Å². The van der Waals surface area contributed by atoms with Crippen molar-refractivity contribution < 1.29 is 23.9 Å². The zero-order valence-corrected chi connectivity index (χ0v) is 14.1. The maximum absolute atomic E-state index is 12.0. The van der Waals surface area contributed by atoms with Gasteiger partial charge in [-0.1, -0.05) is 0 Å². The molecule has 0 aliphatic heterocycles. The van der Waals surface area contributed by atoms with E-state index in [1.165, 1.54) is 11.8 Å². The van der Waals surface area contributed by atoms with Gasteiger partial charge in [-0.05, 0) is 33.3 Å². The number of hydrogen-bond acceptors (Lipinski definition) is 6. The highest BCUT2D eigenvalue weighted by molar-refractivity contribution is 5.94. The van der Waals surface area contributed by atoms with Gasteiger partial charge in [0.2, 0.25) is 0 Å². The molecule has 0 fully saturated rings. The SMILES string of the molecule is COC(=O)[C@H](CCC(=O)c1ccn(C)n1)NC(=O)OC(C)(C)C. The molecule has 0 aromatic carbocycles. The van der Waals surface area contributed by atoms with Crippen molar-refractivity contribution in [1.29, 1.82) is 0 Å². The highest BCUT2D eigenvalue weighted by Gasteiger charge is 2.26. The molecule has 0 saturated carbocycles. The molecule has 1 aromatic rings. The van der Waals surface area contributed by atoms with Gasteiger partial charge in [-0.3, -0.25) is 9.48 Å². The Morgan fingerprint density at radius 1 is 1.35 bits per heavy atom. The second-order valence-electron chi connectivity index (χ2n) is 6.06. The fourth-order valence-electron chi connectivity index (χ4n) is 1.81. The van der Waals surface area contributed by atoms with Crippen LogP contribution in [0.4, 0.5) is 4.79 Å². The van der Waals surface area contributed by atoms with Crippen LogP contribution in [0.25, 0.3) is 0 Å². The first-order valence-electron chi connectivity index (χ1n) is 7.22. The Hall–Kier alpha value is -2.38. The topological polar surface area (TPSA) is 99.5 Å². The molecule has 1 N–H and O–H groups in total. The number of hydrogen-bond donors (Lipinski definition) is 1. The number of carbonyl (C=O) groups excluding carboxylic acids is 3. The van der Waals surface area contributed by atoms with Crippen molar-refractivity contribution in [2.45, 2.75) is 45.3 Å². The van der Waals surface area contributed by atoms with E-state index < -0.39 is 23.7 Å². The summed E-state index contributed by atoms with van der Waals surface area (Å²) in [5.41, 5.74) is -0.373. The fraction of sp³-hybridized carbons (Fsp3) is 0.600. The number of amides is 1. The predicted octanol–water partition coefficient (Wildman–Crippen LogP) is 1.45. The van der Waals surface area contributed by atoms with E-state index in [0.717, 1.165) is 0 Å². The minimum Gasteiger partial charge on any atom is -0.467 e. The van der Waals surface area contributed by atoms with E-state index in [1.54, 1.807) is 40.1 Å². The Morgan fingerprint density at radius 2 is 2.00 bits per heavy atom. The van der Waals surface area contributed by atoms with Gasteiger partial charge in [0, 0.05) is 19.7 Å². The zero-order valence-electron chi connectivity index (χ0n) is 14.1. The molecule has 0 unspecified atom stereocenters. The molecule has 1 rings (SSSR count). The number of Topliss-reactive ketones (excluding diaryl/α,β-unsaturated/α-hetero) is 1. The Labute approximate surface area is 135 Å². The zero-order chi connectivity index (χ0) is 17.6. The lowest BCUT2D eigenvalue weighted by Gasteiger charge is -2.22. The maximum atomic E-state index is 12.0. The van der Waals surface area contributed by atoms with E-state index >= 15 is 0 Å². The third-order valence-corrected chi connectivity index (χ3v) is 2.84. The number of nitrogens with one attached hydrogen (secondary N) is 1. The molecular formula is C15H23N3O5. The molecule has 0 aliphatic carbocycles. The second kappa shape index (κ2) is 7.75. The average molecular weight is 325 g/mol. The number of nitrogens with zero attached hydrogens (tertiary/aromatic N) is 2. The summed E-state index contributed by atoms with van der Waals surface area (Å²) in [5, 5.41) is 6.42. The average Bonchev–Trinajstić information content (AvgIpc) is 2.86. The van der Waals surface area contributed by atoms with E-state index in [1.807, 2.05) is 0 Å². The largest absolute Gasteiger partial charge is 0.467 e. The summed E-state index contributed by atoms with van der Waals surface area (Å²) in [6, 6.07) is 0.638. The highest BCUT2D eigenvalue weighted by atomic mass is 16.6. The number of ketones is 1. The van der Waals surface area contributed by atoms with Gasteiger partial charge in [0.05, 0.1) is 7.11 Å². The van der Waals surface area contributed by atoms with Crippen molar-refractivity contribution >= 4 is 17.8 Å². The fourth-order valence-corrected chi connectivity index (χ4v) is 1.81. The van der Waals surface area contributed by atoms with Gasteiger partial charge < -0.3 is 14.8 Å². The number of ether oxygens (including phenoxy) is 2. The molecule has 0 aliphatic rings. The summed E-state index contributed by atoms with van der Waals surface area (Å²) in [6.45, 7) is 5.14. The molecule has 0 radical (unpaired) electrons. The number of carbonyl (C=O) groups is 3. The molecule has 23 heavy (non-hydrogen) atoms. The molecule has 1 atom stereocenters. The number of esters is 1. The maximum Gasteiger partial charge on any atom is 0.408 e. The lowest BCUT2D eigenvalue weighted by Crippen LogP contribution is -2.44. The summed E-state index contributed by atoms with van der Waals surface area (Å²) in [7, 11) is 2.92.